The number of unbranched alkanes of at least 4 members (excludes halogenated alkanes) is 25. The van der Waals surface area contributed by atoms with Crippen molar-refractivity contribution in [1.82, 2.24) is 0 Å². The van der Waals surface area contributed by atoms with Gasteiger partial charge in [0.25, 0.3) is 0 Å². The Bertz CT molecular complexity index is 811. The molecule has 6 heteroatoms. The summed E-state index contributed by atoms with van der Waals surface area (Å²) in [5.41, 5.74) is 0. The van der Waals surface area contributed by atoms with Crippen LogP contribution in [0.5, 0.6) is 0 Å². The van der Waals surface area contributed by atoms with Crippen molar-refractivity contribution in [2.45, 2.75) is 259 Å². The van der Waals surface area contributed by atoms with Crippen LogP contribution in [0.3, 0.4) is 0 Å². The molecule has 0 radical (unpaired) electrons. The van der Waals surface area contributed by atoms with Crippen LogP contribution in [0.25, 0.3) is 0 Å². The van der Waals surface area contributed by atoms with Crippen LogP contribution in [-0.2, 0) is 28.6 Å². The molecule has 0 aromatic heterocycles. The summed E-state index contributed by atoms with van der Waals surface area (Å²) in [6, 6.07) is 0. The van der Waals surface area contributed by atoms with E-state index in [1.165, 1.54) is 141 Å². The van der Waals surface area contributed by atoms with Crippen LogP contribution in [0, 0.1) is 11.8 Å². The first-order chi connectivity index (χ1) is 25.8. The lowest BCUT2D eigenvalue weighted by Crippen LogP contribution is -2.30. The summed E-state index contributed by atoms with van der Waals surface area (Å²) < 4.78 is 16.7. The molecule has 2 atom stereocenters. The third kappa shape index (κ3) is 39.9. The van der Waals surface area contributed by atoms with E-state index in [4.69, 9.17) is 14.2 Å². The lowest BCUT2D eigenvalue weighted by Gasteiger charge is -2.18. The van der Waals surface area contributed by atoms with Crippen molar-refractivity contribution in [3.63, 3.8) is 0 Å². The highest BCUT2D eigenvalue weighted by molar-refractivity contribution is 5.71. The number of ether oxygens (including phenoxy) is 3. The van der Waals surface area contributed by atoms with Gasteiger partial charge in [0.2, 0.25) is 0 Å². The Hall–Kier alpha value is -1.59. The molecular weight excluding hydrogens is 661 g/mol. The molecule has 0 aromatic carbocycles. The molecule has 0 aromatic rings. The third-order valence-electron chi connectivity index (χ3n) is 10.8. The van der Waals surface area contributed by atoms with Gasteiger partial charge >= 0.3 is 17.9 Å². The summed E-state index contributed by atoms with van der Waals surface area (Å²) in [5, 5.41) is 0. The number of carbonyl (C=O) groups excluding carboxylic acids is 3. The second-order valence-corrected chi connectivity index (χ2v) is 16.8. The van der Waals surface area contributed by atoms with Gasteiger partial charge in [0, 0.05) is 19.3 Å². The minimum absolute atomic E-state index is 0.0656. The lowest BCUT2D eigenvalue weighted by atomic mass is 10.00. The predicted molar refractivity (Wildman–Crippen MR) is 224 cm³/mol. The number of hydrogen-bond acceptors (Lipinski definition) is 6. The standard InChI is InChI=1S/C47H90O6/c1-6-8-9-10-11-12-13-14-15-16-17-21-27-32-37-45(48)51-40-44(41-52-46(49)38-33-28-24-23-26-31-36-43(5)7-2)53-47(50)39-34-29-22-19-18-20-25-30-35-42(3)4/h42-44H,6-41H2,1-5H3/t43?,44-/m0/s1. The van der Waals surface area contributed by atoms with Crippen LogP contribution in [0.1, 0.15) is 253 Å². The van der Waals surface area contributed by atoms with Crippen molar-refractivity contribution < 1.29 is 28.6 Å². The minimum atomic E-state index is -0.761. The van der Waals surface area contributed by atoms with Crippen LogP contribution in [0.2, 0.25) is 0 Å². The smallest absolute Gasteiger partial charge is 0.306 e. The molecule has 6 nitrogen and oxygen atoms in total. The monoisotopic (exact) mass is 751 g/mol. The predicted octanol–water partition coefficient (Wildman–Crippen LogP) is 14.6. The lowest BCUT2D eigenvalue weighted by molar-refractivity contribution is -0.167. The molecule has 0 bridgehead atoms. The summed E-state index contributed by atoms with van der Waals surface area (Å²) >= 11 is 0. The maximum atomic E-state index is 12.7. The summed E-state index contributed by atoms with van der Waals surface area (Å²) in [7, 11) is 0. The molecule has 0 fully saturated rings. The Balaban J connectivity index is 4.33. The van der Waals surface area contributed by atoms with E-state index in [0.29, 0.717) is 19.3 Å². The number of rotatable bonds is 41. The molecule has 0 aliphatic heterocycles. The number of carbonyl (C=O) groups is 3. The zero-order chi connectivity index (χ0) is 39.0. The van der Waals surface area contributed by atoms with Crippen molar-refractivity contribution >= 4 is 17.9 Å². The average molecular weight is 751 g/mol. The van der Waals surface area contributed by atoms with Crippen LogP contribution in [0.4, 0.5) is 0 Å². The van der Waals surface area contributed by atoms with Gasteiger partial charge in [-0.05, 0) is 31.1 Å². The first-order valence-corrected chi connectivity index (χ1v) is 23.3. The topological polar surface area (TPSA) is 78.9 Å². The van der Waals surface area contributed by atoms with E-state index in [-0.39, 0.29) is 31.1 Å². The zero-order valence-corrected chi connectivity index (χ0v) is 36.1. The second kappa shape index (κ2) is 40.1. The van der Waals surface area contributed by atoms with E-state index in [1.54, 1.807) is 0 Å². The fourth-order valence-corrected chi connectivity index (χ4v) is 6.90. The highest BCUT2D eigenvalue weighted by Crippen LogP contribution is 2.17. The normalized spacial score (nSPS) is 12.6. The molecule has 0 heterocycles. The maximum Gasteiger partial charge on any atom is 0.306 e. The average Bonchev–Trinajstić information content (AvgIpc) is 3.14. The Kier molecular flexibility index (Phi) is 38.9. The first-order valence-electron chi connectivity index (χ1n) is 23.3. The van der Waals surface area contributed by atoms with Crippen LogP contribution < -0.4 is 0 Å². The highest BCUT2D eigenvalue weighted by atomic mass is 16.6. The first kappa shape index (κ1) is 51.4. The molecule has 0 spiro atoms. The molecule has 0 N–H and O–H groups in total. The number of hydrogen-bond donors (Lipinski definition) is 0. The molecule has 314 valence electrons. The molecule has 53 heavy (non-hydrogen) atoms. The van der Waals surface area contributed by atoms with Crippen LogP contribution in [-0.4, -0.2) is 37.2 Å². The van der Waals surface area contributed by atoms with Gasteiger partial charge in [0.05, 0.1) is 0 Å². The minimum Gasteiger partial charge on any atom is -0.462 e. The summed E-state index contributed by atoms with van der Waals surface area (Å²) in [4.78, 5) is 37.7. The van der Waals surface area contributed by atoms with E-state index in [9.17, 15) is 14.4 Å². The molecule has 1 unspecified atom stereocenters. The molecule has 0 saturated heterocycles. The SMILES string of the molecule is CCCCCCCCCCCCCCCCC(=O)OC[C@@H](COC(=O)CCCCCCCCC(C)CC)OC(=O)CCCCCCCCCCC(C)C. The number of esters is 3. The van der Waals surface area contributed by atoms with Gasteiger partial charge in [-0.1, -0.05) is 214 Å². The summed E-state index contributed by atoms with van der Waals surface area (Å²) in [5.74, 6) is 0.747. The van der Waals surface area contributed by atoms with E-state index in [0.717, 1.165) is 69.6 Å². The van der Waals surface area contributed by atoms with Crippen molar-refractivity contribution in [2.24, 2.45) is 11.8 Å². The second-order valence-electron chi connectivity index (χ2n) is 16.8. The van der Waals surface area contributed by atoms with Crippen molar-refractivity contribution in [3.8, 4) is 0 Å². The van der Waals surface area contributed by atoms with E-state index in [1.807, 2.05) is 0 Å². The maximum absolute atomic E-state index is 12.7. The Morgan fingerprint density at radius 3 is 1.08 bits per heavy atom. The quantitative estimate of drug-likeness (QED) is 0.0352. The van der Waals surface area contributed by atoms with Crippen molar-refractivity contribution in [2.75, 3.05) is 13.2 Å². The van der Waals surface area contributed by atoms with E-state index in [2.05, 4.69) is 34.6 Å². The van der Waals surface area contributed by atoms with Gasteiger partial charge in [-0.3, -0.25) is 14.4 Å². The Morgan fingerprint density at radius 2 is 0.717 bits per heavy atom. The van der Waals surface area contributed by atoms with Crippen LogP contribution >= 0.6 is 0 Å². The van der Waals surface area contributed by atoms with Crippen LogP contribution in [0.15, 0.2) is 0 Å². The fourth-order valence-electron chi connectivity index (χ4n) is 6.90. The molecule has 0 aliphatic carbocycles. The Labute approximate surface area is 329 Å². The van der Waals surface area contributed by atoms with Gasteiger partial charge in [0.15, 0.2) is 6.10 Å². The van der Waals surface area contributed by atoms with Crippen molar-refractivity contribution in [3.05, 3.63) is 0 Å². The van der Waals surface area contributed by atoms with Crippen molar-refractivity contribution in [1.29, 1.82) is 0 Å². The van der Waals surface area contributed by atoms with Gasteiger partial charge in [0.1, 0.15) is 13.2 Å². The molecule has 0 rings (SSSR count). The van der Waals surface area contributed by atoms with Gasteiger partial charge in [-0.2, -0.15) is 0 Å². The van der Waals surface area contributed by atoms with Gasteiger partial charge < -0.3 is 14.2 Å². The Morgan fingerprint density at radius 1 is 0.396 bits per heavy atom. The summed E-state index contributed by atoms with van der Waals surface area (Å²) in [6.45, 7) is 11.3. The fraction of sp³-hybridized carbons (Fsp3) is 0.936. The van der Waals surface area contributed by atoms with E-state index < -0.39 is 6.10 Å². The molecule has 0 amide bonds. The molecule has 0 aliphatic rings. The molecular formula is C47H90O6. The van der Waals surface area contributed by atoms with Gasteiger partial charge in [-0.15, -0.1) is 0 Å². The third-order valence-corrected chi connectivity index (χ3v) is 10.8. The molecule has 0 saturated carbocycles. The largest absolute Gasteiger partial charge is 0.462 e. The summed E-state index contributed by atoms with van der Waals surface area (Å²) in [6.07, 6.45) is 38.1. The van der Waals surface area contributed by atoms with Gasteiger partial charge in [-0.25, -0.2) is 0 Å². The highest BCUT2D eigenvalue weighted by Gasteiger charge is 2.19. The zero-order valence-electron chi connectivity index (χ0n) is 36.1. The van der Waals surface area contributed by atoms with E-state index >= 15 is 0 Å².